The van der Waals surface area contributed by atoms with E-state index in [1.165, 1.54) is 0 Å². The van der Waals surface area contributed by atoms with Gasteiger partial charge in [0.1, 0.15) is 0 Å². The molecule has 1 heterocycles. The SMILES string of the molecule is CN(Cc1cn[nH]c1)C(=O)c1cccc(C(N)=NO)c1. The fourth-order valence-electron chi connectivity index (χ4n) is 1.80. The molecule has 0 unspecified atom stereocenters. The molecule has 4 N–H and O–H groups in total. The van der Waals surface area contributed by atoms with Crippen molar-refractivity contribution in [3.05, 3.63) is 53.3 Å². The van der Waals surface area contributed by atoms with Crippen LogP contribution in [0.15, 0.2) is 41.8 Å². The Bertz CT molecular complexity index is 621. The number of amidine groups is 1. The number of hydrogen-bond donors (Lipinski definition) is 3. The van der Waals surface area contributed by atoms with Crippen molar-refractivity contribution in [2.45, 2.75) is 6.54 Å². The van der Waals surface area contributed by atoms with Crippen LogP contribution in [-0.2, 0) is 6.54 Å². The van der Waals surface area contributed by atoms with Crippen LogP contribution in [-0.4, -0.2) is 39.1 Å². The number of carbonyl (C=O) groups excluding carboxylic acids is 1. The maximum Gasteiger partial charge on any atom is 0.253 e. The Hall–Kier alpha value is -2.83. The molecule has 104 valence electrons. The van der Waals surface area contributed by atoms with E-state index in [1.54, 1.807) is 48.6 Å². The average Bonchev–Trinajstić information content (AvgIpc) is 2.98. The lowest BCUT2D eigenvalue weighted by Crippen LogP contribution is -2.26. The summed E-state index contributed by atoms with van der Waals surface area (Å²) in [7, 11) is 1.70. The third-order valence-corrected chi connectivity index (χ3v) is 2.83. The van der Waals surface area contributed by atoms with E-state index in [4.69, 9.17) is 10.9 Å². The molecular weight excluding hydrogens is 258 g/mol. The van der Waals surface area contributed by atoms with Crippen molar-refractivity contribution in [2.24, 2.45) is 10.9 Å². The third-order valence-electron chi connectivity index (χ3n) is 2.83. The van der Waals surface area contributed by atoms with Gasteiger partial charge in [0.15, 0.2) is 5.84 Å². The molecule has 20 heavy (non-hydrogen) atoms. The lowest BCUT2D eigenvalue weighted by molar-refractivity contribution is 0.0785. The molecule has 0 atom stereocenters. The number of nitrogens with zero attached hydrogens (tertiary/aromatic N) is 3. The highest BCUT2D eigenvalue weighted by Gasteiger charge is 2.13. The Morgan fingerprint density at radius 1 is 1.50 bits per heavy atom. The van der Waals surface area contributed by atoms with Gasteiger partial charge in [0.25, 0.3) is 5.91 Å². The van der Waals surface area contributed by atoms with Gasteiger partial charge in [0.2, 0.25) is 0 Å². The number of aromatic amines is 1. The molecule has 0 saturated carbocycles. The highest BCUT2D eigenvalue weighted by Crippen LogP contribution is 2.10. The molecule has 0 bridgehead atoms. The molecule has 0 aliphatic carbocycles. The van der Waals surface area contributed by atoms with Crippen LogP contribution in [0.25, 0.3) is 0 Å². The predicted octanol–water partition coefficient (Wildman–Crippen LogP) is 0.776. The van der Waals surface area contributed by atoms with Crippen LogP contribution < -0.4 is 5.73 Å². The second-order valence-electron chi connectivity index (χ2n) is 4.33. The largest absolute Gasteiger partial charge is 0.409 e. The summed E-state index contributed by atoms with van der Waals surface area (Å²) in [6, 6.07) is 6.62. The fraction of sp³-hybridized carbons (Fsp3) is 0.154. The minimum atomic E-state index is -0.154. The maximum atomic E-state index is 12.3. The normalized spacial score (nSPS) is 11.3. The number of H-pyrrole nitrogens is 1. The molecule has 7 nitrogen and oxygen atoms in total. The summed E-state index contributed by atoms with van der Waals surface area (Å²) in [5.41, 5.74) is 7.39. The smallest absolute Gasteiger partial charge is 0.253 e. The minimum absolute atomic E-state index is 0.0304. The van der Waals surface area contributed by atoms with Crippen molar-refractivity contribution in [3.63, 3.8) is 0 Å². The van der Waals surface area contributed by atoms with Crippen LogP contribution in [0.5, 0.6) is 0 Å². The summed E-state index contributed by atoms with van der Waals surface area (Å²) in [5, 5.41) is 18.1. The topological polar surface area (TPSA) is 108 Å². The summed E-state index contributed by atoms with van der Waals surface area (Å²) < 4.78 is 0. The highest BCUT2D eigenvalue weighted by atomic mass is 16.4. The van der Waals surface area contributed by atoms with E-state index >= 15 is 0 Å². The van der Waals surface area contributed by atoms with E-state index in [2.05, 4.69) is 15.4 Å². The molecule has 0 fully saturated rings. The molecule has 1 amide bonds. The number of rotatable bonds is 4. The van der Waals surface area contributed by atoms with Crippen molar-refractivity contribution in [3.8, 4) is 0 Å². The predicted molar refractivity (Wildman–Crippen MR) is 73.3 cm³/mol. The molecule has 7 heteroatoms. The Morgan fingerprint density at radius 3 is 2.90 bits per heavy atom. The first-order valence-electron chi connectivity index (χ1n) is 5.93. The van der Waals surface area contributed by atoms with Crippen LogP contribution in [0.4, 0.5) is 0 Å². The number of nitrogens with two attached hydrogens (primary N) is 1. The van der Waals surface area contributed by atoms with Gasteiger partial charge in [0.05, 0.1) is 6.20 Å². The van der Waals surface area contributed by atoms with Gasteiger partial charge in [-0.2, -0.15) is 5.10 Å². The van der Waals surface area contributed by atoms with E-state index in [0.717, 1.165) is 5.56 Å². The van der Waals surface area contributed by atoms with Crippen LogP contribution in [0.3, 0.4) is 0 Å². The van der Waals surface area contributed by atoms with Crippen molar-refractivity contribution < 1.29 is 10.0 Å². The third kappa shape index (κ3) is 2.94. The van der Waals surface area contributed by atoms with Gasteiger partial charge in [-0.1, -0.05) is 17.3 Å². The van der Waals surface area contributed by atoms with E-state index < -0.39 is 0 Å². The molecule has 0 saturated heterocycles. The van der Waals surface area contributed by atoms with Gasteiger partial charge in [-0.15, -0.1) is 0 Å². The second-order valence-corrected chi connectivity index (χ2v) is 4.33. The van der Waals surface area contributed by atoms with Gasteiger partial charge < -0.3 is 15.8 Å². The zero-order valence-corrected chi connectivity index (χ0v) is 10.9. The number of carbonyl (C=O) groups is 1. The fourth-order valence-corrected chi connectivity index (χ4v) is 1.80. The minimum Gasteiger partial charge on any atom is -0.409 e. The number of benzene rings is 1. The summed E-state index contributed by atoms with van der Waals surface area (Å²) in [6.07, 6.45) is 3.40. The molecule has 0 spiro atoms. The number of nitrogens with one attached hydrogen (secondary N) is 1. The monoisotopic (exact) mass is 273 g/mol. The summed E-state index contributed by atoms with van der Waals surface area (Å²) in [6.45, 7) is 0.448. The van der Waals surface area contributed by atoms with E-state index in [9.17, 15) is 4.79 Å². The van der Waals surface area contributed by atoms with Gasteiger partial charge in [-0.3, -0.25) is 9.89 Å². The van der Waals surface area contributed by atoms with Gasteiger partial charge in [-0.05, 0) is 12.1 Å². The van der Waals surface area contributed by atoms with E-state index in [1.807, 2.05) is 0 Å². The second kappa shape index (κ2) is 5.87. The Balaban J connectivity index is 2.16. The molecule has 1 aromatic carbocycles. The number of oxime groups is 1. The van der Waals surface area contributed by atoms with Crippen LogP contribution in [0.2, 0.25) is 0 Å². The van der Waals surface area contributed by atoms with Crippen molar-refractivity contribution in [1.82, 2.24) is 15.1 Å². The number of aromatic nitrogens is 2. The molecule has 2 aromatic rings. The maximum absolute atomic E-state index is 12.3. The summed E-state index contributed by atoms with van der Waals surface area (Å²) in [4.78, 5) is 13.9. The highest BCUT2D eigenvalue weighted by molar-refractivity contribution is 6.01. The van der Waals surface area contributed by atoms with Crippen molar-refractivity contribution in [2.75, 3.05) is 7.05 Å². The van der Waals surface area contributed by atoms with Gasteiger partial charge in [-0.25, -0.2) is 0 Å². The zero-order chi connectivity index (χ0) is 14.5. The quantitative estimate of drug-likeness (QED) is 0.331. The first-order valence-corrected chi connectivity index (χ1v) is 5.93. The lowest BCUT2D eigenvalue weighted by Gasteiger charge is -2.16. The molecular formula is C13H15N5O2. The number of amides is 1. The first kappa shape index (κ1) is 13.6. The summed E-state index contributed by atoms with van der Waals surface area (Å²) in [5.74, 6) is -0.184. The summed E-state index contributed by atoms with van der Waals surface area (Å²) >= 11 is 0. The van der Waals surface area contributed by atoms with Crippen LogP contribution >= 0.6 is 0 Å². The molecule has 0 aliphatic rings. The standard InChI is InChI=1S/C13H15N5O2/c1-18(8-9-6-15-16-7-9)13(19)11-4-2-3-10(5-11)12(14)17-20/h2-7,20H,8H2,1H3,(H2,14,17)(H,15,16). The first-order chi connectivity index (χ1) is 9.61. The van der Waals surface area contributed by atoms with Crippen molar-refractivity contribution >= 4 is 11.7 Å². The van der Waals surface area contributed by atoms with Crippen LogP contribution in [0, 0.1) is 0 Å². The van der Waals surface area contributed by atoms with Gasteiger partial charge in [0, 0.05) is 36.5 Å². The lowest BCUT2D eigenvalue weighted by atomic mass is 10.1. The molecule has 1 aromatic heterocycles. The Morgan fingerprint density at radius 2 is 2.25 bits per heavy atom. The average molecular weight is 273 g/mol. The molecule has 0 radical (unpaired) electrons. The van der Waals surface area contributed by atoms with E-state index in [-0.39, 0.29) is 11.7 Å². The van der Waals surface area contributed by atoms with Crippen LogP contribution in [0.1, 0.15) is 21.5 Å². The van der Waals surface area contributed by atoms with Gasteiger partial charge >= 0.3 is 0 Å². The molecule has 2 rings (SSSR count). The zero-order valence-electron chi connectivity index (χ0n) is 10.9. The van der Waals surface area contributed by atoms with Crippen molar-refractivity contribution in [1.29, 1.82) is 0 Å². The number of hydrogen-bond acceptors (Lipinski definition) is 4. The Kier molecular flexibility index (Phi) is 3.99. The van der Waals surface area contributed by atoms with E-state index in [0.29, 0.717) is 17.7 Å². The molecule has 0 aliphatic heterocycles. The Labute approximate surface area is 115 Å².